The van der Waals surface area contributed by atoms with Gasteiger partial charge in [0.05, 0.1) is 6.10 Å². The van der Waals surface area contributed by atoms with Crippen molar-refractivity contribution in [2.24, 2.45) is 5.92 Å². The molecule has 0 aromatic heterocycles. The van der Waals surface area contributed by atoms with Crippen LogP contribution in [0.25, 0.3) is 0 Å². The smallest absolute Gasteiger partial charge is 0.0826 e. The summed E-state index contributed by atoms with van der Waals surface area (Å²) in [5.74, 6) is 0.313. The summed E-state index contributed by atoms with van der Waals surface area (Å²) in [4.78, 5) is 0. The Bertz CT molecular complexity index is 322. The summed E-state index contributed by atoms with van der Waals surface area (Å²) in [5, 5.41) is 10.2. The van der Waals surface area contributed by atoms with Gasteiger partial charge in [-0.2, -0.15) is 0 Å². The molecule has 1 N–H and O–H groups in total. The second-order valence-electron chi connectivity index (χ2n) is 4.24. The number of halogens is 1. The molecule has 0 saturated carbocycles. The lowest BCUT2D eigenvalue weighted by atomic mass is 9.93. The van der Waals surface area contributed by atoms with Crippen molar-refractivity contribution in [2.45, 2.75) is 39.7 Å². The molecular formula is C13H19BrO. The van der Waals surface area contributed by atoms with Crippen molar-refractivity contribution >= 4 is 15.9 Å². The Morgan fingerprint density at radius 3 is 2.67 bits per heavy atom. The van der Waals surface area contributed by atoms with E-state index in [9.17, 15) is 5.11 Å². The molecule has 1 aromatic rings. The van der Waals surface area contributed by atoms with Crippen molar-refractivity contribution in [3.63, 3.8) is 0 Å². The average Bonchev–Trinajstić information content (AvgIpc) is 2.21. The third-order valence-electron chi connectivity index (χ3n) is 2.75. The van der Waals surface area contributed by atoms with Gasteiger partial charge in [-0.15, -0.1) is 0 Å². The van der Waals surface area contributed by atoms with Crippen LogP contribution >= 0.6 is 15.9 Å². The minimum atomic E-state index is -0.362. The lowest BCUT2D eigenvalue weighted by molar-refractivity contribution is 0.111. The van der Waals surface area contributed by atoms with E-state index in [4.69, 9.17) is 0 Å². The Balaban J connectivity index is 2.89. The number of aliphatic hydroxyl groups excluding tert-OH is 1. The molecule has 2 unspecified atom stereocenters. The fourth-order valence-corrected chi connectivity index (χ4v) is 2.29. The summed E-state index contributed by atoms with van der Waals surface area (Å²) in [6.07, 6.45) is 1.81. The van der Waals surface area contributed by atoms with Crippen LogP contribution < -0.4 is 0 Å². The minimum absolute atomic E-state index is 0.313. The predicted molar refractivity (Wildman–Crippen MR) is 67.9 cm³/mol. The van der Waals surface area contributed by atoms with E-state index < -0.39 is 0 Å². The van der Waals surface area contributed by atoms with E-state index in [0.29, 0.717) is 5.92 Å². The van der Waals surface area contributed by atoms with Gasteiger partial charge >= 0.3 is 0 Å². The first-order valence-corrected chi connectivity index (χ1v) is 6.29. The molecule has 1 aromatic carbocycles. The zero-order valence-corrected chi connectivity index (χ0v) is 11.2. The molecule has 0 saturated heterocycles. The van der Waals surface area contributed by atoms with Crippen LogP contribution in [0.5, 0.6) is 0 Å². The van der Waals surface area contributed by atoms with E-state index in [1.54, 1.807) is 0 Å². The lowest BCUT2D eigenvalue weighted by Gasteiger charge is -2.20. The maximum absolute atomic E-state index is 10.2. The number of hydrogen-bond donors (Lipinski definition) is 1. The molecule has 1 nitrogen and oxygen atoms in total. The SMILES string of the molecule is CCCC(C)C(O)c1cc(C)ccc1Br. The third kappa shape index (κ3) is 3.32. The van der Waals surface area contributed by atoms with Gasteiger partial charge in [-0.1, -0.05) is 53.9 Å². The summed E-state index contributed by atoms with van der Waals surface area (Å²) in [5.41, 5.74) is 2.20. The maximum atomic E-state index is 10.2. The highest BCUT2D eigenvalue weighted by Crippen LogP contribution is 2.31. The molecule has 0 aliphatic heterocycles. The Labute approximate surface area is 101 Å². The molecule has 2 atom stereocenters. The van der Waals surface area contributed by atoms with E-state index in [2.05, 4.69) is 35.8 Å². The maximum Gasteiger partial charge on any atom is 0.0826 e. The molecule has 0 aliphatic rings. The fraction of sp³-hybridized carbons (Fsp3) is 0.538. The highest BCUT2D eigenvalue weighted by atomic mass is 79.9. The van der Waals surface area contributed by atoms with Crippen molar-refractivity contribution < 1.29 is 5.11 Å². The van der Waals surface area contributed by atoms with Gasteiger partial charge in [0.1, 0.15) is 0 Å². The van der Waals surface area contributed by atoms with Crippen LogP contribution in [0.15, 0.2) is 22.7 Å². The summed E-state index contributed by atoms with van der Waals surface area (Å²) in [7, 11) is 0. The Morgan fingerprint density at radius 2 is 2.07 bits per heavy atom. The van der Waals surface area contributed by atoms with E-state index in [0.717, 1.165) is 22.9 Å². The Hall–Kier alpha value is -0.340. The van der Waals surface area contributed by atoms with Gasteiger partial charge < -0.3 is 5.11 Å². The van der Waals surface area contributed by atoms with Crippen molar-refractivity contribution in [3.05, 3.63) is 33.8 Å². The van der Waals surface area contributed by atoms with Gasteiger partial charge in [0, 0.05) is 4.47 Å². The summed E-state index contributed by atoms with van der Waals surface area (Å²) >= 11 is 3.49. The minimum Gasteiger partial charge on any atom is -0.388 e. The van der Waals surface area contributed by atoms with Crippen LogP contribution in [-0.4, -0.2) is 5.11 Å². The number of hydrogen-bond acceptors (Lipinski definition) is 1. The van der Waals surface area contributed by atoms with Crippen LogP contribution in [-0.2, 0) is 0 Å². The zero-order chi connectivity index (χ0) is 11.4. The van der Waals surface area contributed by atoms with Crippen molar-refractivity contribution in [3.8, 4) is 0 Å². The van der Waals surface area contributed by atoms with Crippen LogP contribution in [0.2, 0.25) is 0 Å². The monoisotopic (exact) mass is 270 g/mol. The number of aliphatic hydroxyl groups is 1. The average molecular weight is 271 g/mol. The molecule has 1 rings (SSSR count). The lowest BCUT2D eigenvalue weighted by Crippen LogP contribution is -2.09. The number of benzene rings is 1. The van der Waals surface area contributed by atoms with Gasteiger partial charge in [-0.25, -0.2) is 0 Å². The van der Waals surface area contributed by atoms with Crippen LogP contribution in [0.3, 0.4) is 0 Å². The third-order valence-corrected chi connectivity index (χ3v) is 3.48. The van der Waals surface area contributed by atoms with Crippen molar-refractivity contribution in [1.29, 1.82) is 0 Å². The highest BCUT2D eigenvalue weighted by molar-refractivity contribution is 9.10. The van der Waals surface area contributed by atoms with E-state index in [1.807, 2.05) is 19.1 Å². The predicted octanol–water partition coefficient (Wildman–Crippen LogP) is 4.23. The van der Waals surface area contributed by atoms with Gasteiger partial charge in [0.25, 0.3) is 0 Å². The number of rotatable bonds is 4. The first-order chi connectivity index (χ1) is 7.06. The van der Waals surface area contributed by atoms with Gasteiger partial charge in [0.2, 0.25) is 0 Å². The van der Waals surface area contributed by atoms with Gasteiger partial charge in [-0.05, 0) is 30.9 Å². The second kappa shape index (κ2) is 5.66. The molecule has 0 bridgehead atoms. The summed E-state index contributed by atoms with van der Waals surface area (Å²) in [6.45, 7) is 6.30. The zero-order valence-electron chi connectivity index (χ0n) is 9.63. The van der Waals surface area contributed by atoms with Gasteiger partial charge in [0.15, 0.2) is 0 Å². The number of aryl methyl sites for hydroxylation is 1. The molecule has 0 radical (unpaired) electrons. The Morgan fingerprint density at radius 1 is 1.40 bits per heavy atom. The molecular weight excluding hydrogens is 252 g/mol. The molecule has 15 heavy (non-hydrogen) atoms. The quantitative estimate of drug-likeness (QED) is 0.869. The first kappa shape index (κ1) is 12.7. The van der Waals surface area contributed by atoms with Crippen LogP contribution in [0.4, 0.5) is 0 Å². The largest absolute Gasteiger partial charge is 0.388 e. The van der Waals surface area contributed by atoms with Crippen LogP contribution in [0, 0.1) is 12.8 Å². The van der Waals surface area contributed by atoms with E-state index >= 15 is 0 Å². The summed E-state index contributed by atoms with van der Waals surface area (Å²) < 4.78 is 1.00. The molecule has 0 amide bonds. The van der Waals surface area contributed by atoms with E-state index in [-0.39, 0.29) is 6.10 Å². The standard InChI is InChI=1S/C13H19BrO/c1-4-5-10(3)13(15)11-8-9(2)6-7-12(11)14/h6-8,10,13,15H,4-5H2,1-3H3. The van der Waals surface area contributed by atoms with Crippen molar-refractivity contribution in [1.82, 2.24) is 0 Å². The summed E-state index contributed by atoms with van der Waals surface area (Å²) in [6, 6.07) is 6.11. The Kier molecular flexibility index (Phi) is 4.81. The molecule has 0 heterocycles. The second-order valence-corrected chi connectivity index (χ2v) is 5.09. The first-order valence-electron chi connectivity index (χ1n) is 5.50. The van der Waals surface area contributed by atoms with Crippen LogP contribution in [0.1, 0.15) is 43.9 Å². The molecule has 0 fully saturated rings. The fourth-order valence-electron chi connectivity index (χ4n) is 1.81. The van der Waals surface area contributed by atoms with Crippen molar-refractivity contribution in [2.75, 3.05) is 0 Å². The van der Waals surface area contributed by atoms with Gasteiger partial charge in [-0.3, -0.25) is 0 Å². The molecule has 84 valence electrons. The molecule has 0 spiro atoms. The van der Waals surface area contributed by atoms with E-state index in [1.165, 1.54) is 5.56 Å². The molecule has 2 heteroatoms. The topological polar surface area (TPSA) is 20.2 Å². The highest BCUT2D eigenvalue weighted by Gasteiger charge is 2.17. The normalized spacial score (nSPS) is 15.0. The molecule has 0 aliphatic carbocycles.